The van der Waals surface area contributed by atoms with E-state index < -0.39 is 30.1 Å². The number of esters is 1. The summed E-state index contributed by atoms with van der Waals surface area (Å²) in [6.45, 7) is -0.536. The smallest absolute Gasteiger partial charge is 0.316 e. The lowest BCUT2D eigenvalue weighted by atomic mass is 10.2. The number of anilines is 1. The zero-order chi connectivity index (χ0) is 19.8. The lowest BCUT2D eigenvalue weighted by Crippen LogP contribution is -2.22. The van der Waals surface area contributed by atoms with Crippen LogP contribution < -0.4 is 14.8 Å². The Morgan fingerprint density at radius 1 is 1.07 bits per heavy atom. The van der Waals surface area contributed by atoms with Gasteiger partial charge in [0.05, 0.1) is 25.7 Å². The van der Waals surface area contributed by atoms with E-state index in [0.717, 1.165) is 30.0 Å². The molecule has 0 spiro atoms. The summed E-state index contributed by atoms with van der Waals surface area (Å²) in [5.74, 6) is -1.93. The molecule has 0 aliphatic heterocycles. The first kappa shape index (κ1) is 20.5. The molecule has 0 saturated carbocycles. The van der Waals surface area contributed by atoms with Crippen LogP contribution in [0, 0.1) is 11.6 Å². The number of amides is 1. The van der Waals surface area contributed by atoms with Crippen molar-refractivity contribution in [2.45, 2.75) is 4.90 Å². The molecule has 2 aromatic rings. The van der Waals surface area contributed by atoms with Gasteiger partial charge in [0.15, 0.2) is 6.61 Å². The molecule has 1 N–H and O–H groups in total. The Bertz CT molecular complexity index is 831. The largest absolute Gasteiger partial charge is 0.497 e. The van der Waals surface area contributed by atoms with Crippen LogP contribution in [-0.4, -0.2) is 38.5 Å². The molecular weight excluding hydrogens is 380 g/mol. The number of benzene rings is 2. The van der Waals surface area contributed by atoms with Gasteiger partial charge in [0.2, 0.25) is 0 Å². The van der Waals surface area contributed by atoms with Crippen LogP contribution in [0.1, 0.15) is 0 Å². The summed E-state index contributed by atoms with van der Waals surface area (Å²) in [4.78, 5) is 23.6. The van der Waals surface area contributed by atoms with Crippen LogP contribution in [0.5, 0.6) is 11.5 Å². The standard InChI is InChI=1S/C18H17F2NO5S/c1-24-12-4-6-15(25-2)14(8-12)21-17(22)9-26-18(23)10-27-16-7-11(19)3-5-13(16)20/h3-8H,9-10H2,1-2H3,(H,21,22). The number of carbonyl (C=O) groups is 2. The molecule has 6 nitrogen and oxygen atoms in total. The summed E-state index contributed by atoms with van der Waals surface area (Å²) < 4.78 is 41.6. The van der Waals surface area contributed by atoms with Gasteiger partial charge in [-0.05, 0) is 30.3 Å². The van der Waals surface area contributed by atoms with Crippen molar-refractivity contribution in [3.05, 3.63) is 48.0 Å². The Labute approximate surface area is 158 Å². The molecule has 0 unspecified atom stereocenters. The maximum atomic E-state index is 13.5. The molecule has 2 rings (SSSR count). The third-order valence-electron chi connectivity index (χ3n) is 3.28. The number of hydrogen-bond donors (Lipinski definition) is 1. The van der Waals surface area contributed by atoms with Crippen LogP contribution in [0.15, 0.2) is 41.3 Å². The number of methoxy groups -OCH3 is 2. The minimum absolute atomic E-state index is 0.0162. The van der Waals surface area contributed by atoms with Crippen LogP contribution in [0.25, 0.3) is 0 Å². The SMILES string of the molecule is COc1ccc(OC)c(NC(=O)COC(=O)CSc2cc(F)ccc2F)c1. The Kier molecular flexibility index (Phi) is 7.42. The zero-order valence-electron chi connectivity index (χ0n) is 14.6. The van der Waals surface area contributed by atoms with E-state index in [4.69, 9.17) is 14.2 Å². The van der Waals surface area contributed by atoms with Gasteiger partial charge in [-0.2, -0.15) is 0 Å². The van der Waals surface area contributed by atoms with Crippen molar-refractivity contribution in [3.8, 4) is 11.5 Å². The van der Waals surface area contributed by atoms with Crippen molar-refractivity contribution in [2.24, 2.45) is 0 Å². The van der Waals surface area contributed by atoms with Gasteiger partial charge < -0.3 is 19.5 Å². The van der Waals surface area contributed by atoms with Gasteiger partial charge in [-0.25, -0.2) is 8.78 Å². The van der Waals surface area contributed by atoms with Gasteiger partial charge in [-0.15, -0.1) is 11.8 Å². The van der Waals surface area contributed by atoms with E-state index in [2.05, 4.69) is 5.32 Å². The number of carbonyl (C=O) groups excluding carboxylic acids is 2. The molecule has 27 heavy (non-hydrogen) atoms. The second-order valence-corrected chi connectivity index (χ2v) is 6.16. The fraction of sp³-hybridized carbons (Fsp3) is 0.222. The van der Waals surface area contributed by atoms with Gasteiger partial charge in [-0.1, -0.05) is 0 Å². The van der Waals surface area contributed by atoms with Gasteiger partial charge in [0, 0.05) is 11.0 Å². The van der Waals surface area contributed by atoms with E-state index >= 15 is 0 Å². The van der Waals surface area contributed by atoms with Gasteiger partial charge in [0.1, 0.15) is 23.1 Å². The average Bonchev–Trinajstić information content (AvgIpc) is 2.67. The fourth-order valence-electron chi connectivity index (χ4n) is 2.01. The van der Waals surface area contributed by atoms with E-state index in [0.29, 0.717) is 17.2 Å². The molecule has 9 heteroatoms. The third-order valence-corrected chi connectivity index (χ3v) is 4.29. The maximum Gasteiger partial charge on any atom is 0.316 e. The molecule has 0 aromatic heterocycles. The number of rotatable bonds is 8. The molecule has 0 fully saturated rings. The Morgan fingerprint density at radius 3 is 2.56 bits per heavy atom. The molecule has 1 amide bonds. The Morgan fingerprint density at radius 2 is 1.85 bits per heavy atom. The highest BCUT2D eigenvalue weighted by Crippen LogP contribution is 2.28. The van der Waals surface area contributed by atoms with E-state index in [1.54, 1.807) is 18.2 Å². The third kappa shape index (κ3) is 6.14. The van der Waals surface area contributed by atoms with Gasteiger partial charge in [-0.3, -0.25) is 9.59 Å². The fourth-order valence-corrected chi connectivity index (χ4v) is 2.77. The molecule has 0 bridgehead atoms. The molecule has 0 radical (unpaired) electrons. The Hall–Kier alpha value is -2.81. The molecule has 0 aliphatic carbocycles. The van der Waals surface area contributed by atoms with Crippen LogP contribution in [0.2, 0.25) is 0 Å². The summed E-state index contributed by atoms with van der Waals surface area (Å²) in [5, 5.41) is 2.54. The van der Waals surface area contributed by atoms with Gasteiger partial charge in [0.25, 0.3) is 5.91 Å². The lowest BCUT2D eigenvalue weighted by molar-refractivity contribution is -0.144. The van der Waals surface area contributed by atoms with E-state index in [9.17, 15) is 18.4 Å². The van der Waals surface area contributed by atoms with E-state index in [1.807, 2.05) is 0 Å². The summed E-state index contributed by atoms with van der Waals surface area (Å²) in [7, 11) is 2.93. The topological polar surface area (TPSA) is 73.9 Å². The van der Waals surface area contributed by atoms with Crippen molar-refractivity contribution in [2.75, 3.05) is 31.9 Å². The minimum atomic E-state index is -0.739. The Balaban J connectivity index is 1.84. The summed E-state index contributed by atoms with van der Waals surface area (Å²) in [6.07, 6.45) is 0. The first-order valence-corrected chi connectivity index (χ1v) is 8.67. The zero-order valence-corrected chi connectivity index (χ0v) is 15.4. The number of nitrogens with one attached hydrogen (secondary N) is 1. The number of hydrogen-bond acceptors (Lipinski definition) is 6. The van der Waals surface area contributed by atoms with Crippen molar-refractivity contribution in [1.29, 1.82) is 0 Å². The van der Waals surface area contributed by atoms with Crippen molar-refractivity contribution < 1.29 is 32.6 Å². The van der Waals surface area contributed by atoms with Crippen LogP contribution >= 0.6 is 11.8 Å². The second-order valence-electron chi connectivity index (χ2n) is 5.14. The van der Waals surface area contributed by atoms with Crippen molar-refractivity contribution in [3.63, 3.8) is 0 Å². The highest BCUT2D eigenvalue weighted by molar-refractivity contribution is 8.00. The van der Waals surface area contributed by atoms with Crippen molar-refractivity contribution in [1.82, 2.24) is 0 Å². The summed E-state index contributed by atoms with van der Waals surface area (Å²) in [5.41, 5.74) is 0.356. The second kappa shape index (κ2) is 9.77. The van der Waals surface area contributed by atoms with E-state index in [-0.39, 0.29) is 10.6 Å². The minimum Gasteiger partial charge on any atom is -0.497 e. The van der Waals surface area contributed by atoms with Gasteiger partial charge >= 0.3 is 5.97 Å². The van der Waals surface area contributed by atoms with Crippen LogP contribution in [-0.2, 0) is 14.3 Å². The molecular formula is C18H17F2NO5S. The highest BCUT2D eigenvalue weighted by Gasteiger charge is 2.13. The van der Waals surface area contributed by atoms with Crippen LogP contribution in [0.3, 0.4) is 0 Å². The monoisotopic (exact) mass is 397 g/mol. The first-order valence-electron chi connectivity index (χ1n) is 7.68. The molecule has 0 heterocycles. The number of thioether (sulfide) groups is 1. The number of ether oxygens (including phenoxy) is 3. The normalized spacial score (nSPS) is 10.2. The average molecular weight is 397 g/mol. The van der Waals surface area contributed by atoms with Crippen LogP contribution in [0.4, 0.5) is 14.5 Å². The molecule has 144 valence electrons. The summed E-state index contributed by atoms with van der Waals surface area (Å²) in [6, 6.07) is 7.77. The molecule has 2 aromatic carbocycles. The quantitative estimate of drug-likeness (QED) is 0.545. The predicted octanol–water partition coefficient (Wildman–Crippen LogP) is 3.26. The molecule has 0 atom stereocenters. The molecule has 0 aliphatic rings. The molecule has 0 saturated heterocycles. The maximum absolute atomic E-state index is 13.5. The van der Waals surface area contributed by atoms with E-state index in [1.165, 1.54) is 14.2 Å². The summed E-state index contributed by atoms with van der Waals surface area (Å²) >= 11 is 0.778. The predicted molar refractivity (Wildman–Crippen MR) is 96.2 cm³/mol. The lowest BCUT2D eigenvalue weighted by Gasteiger charge is -2.12. The van der Waals surface area contributed by atoms with Crippen molar-refractivity contribution >= 4 is 29.3 Å². The highest BCUT2D eigenvalue weighted by atomic mass is 32.2. The first-order chi connectivity index (χ1) is 12.9. The number of halogens is 2.